The molecule has 0 unspecified atom stereocenters. The Morgan fingerprint density at radius 2 is 0.973 bits per heavy atom. The summed E-state index contributed by atoms with van der Waals surface area (Å²) in [4.78, 5) is 33.5. The van der Waals surface area contributed by atoms with Crippen molar-refractivity contribution < 1.29 is 24.6 Å². The maximum absolute atomic E-state index is 13.9. The topological polar surface area (TPSA) is 87.1 Å². The minimum absolute atomic E-state index is 0.0175. The molecule has 0 spiro atoms. The minimum Gasteiger partial charge on any atom is -0.507 e. The molecule has 0 saturated carbocycles. The monoisotopic (exact) mass is 487 g/mol. The number of hydrogen-bond acceptors (Lipinski definition) is 5. The maximum atomic E-state index is 13.9. The highest BCUT2D eigenvalue weighted by atomic mass is 16.7. The van der Waals surface area contributed by atoms with Gasteiger partial charge >= 0.3 is 0 Å². The smallest absolute Gasteiger partial charge is 0.286 e. The number of phenolic OH excluding ortho intramolecular Hbond substituents is 2. The Morgan fingerprint density at radius 3 is 1.46 bits per heavy atom. The first kappa shape index (κ1) is 22.5. The van der Waals surface area contributed by atoms with Crippen LogP contribution in [0.2, 0.25) is 0 Å². The van der Waals surface area contributed by atoms with E-state index < -0.39 is 11.8 Å². The fraction of sp³-hybridized carbons (Fsp3) is 0.0323. The van der Waals surface area contributed by atoms with Gasteiger partial charge in [0.05, 0.1) is 11.1 Å². The Morgan fingerprint density at radius 1 is 0.541 bits per heavy atom. The highest BCUT2D eigenvalue weighted by Gasteiger charge is 2.43. The zero-order valence-electron chi connectivity index (χ0n) is 19.6. The van der Waals surface area contributed by atoms with Gasteiger partial charge in [-0.2, -0.15) is 0 Å². The number of imide groups is 1. The third-order valence-corrected chi connectivity index (χ3v) is 6.56. The number of amides is 2. The van der Waals surface area contributed by atoms with E-state index in [1.165, 1.54) is 0 Å². The molecule has 6 nitrogen and oxygen atoms in total. The van der Waals surface area contributed by atoms with Crippen molar-refractivity contribution in [1.29, 1.82) is 0 Å². The van der Waals surface area contributed by atoms with Crippen LogP contribution >= 0.6 is 0 Å². The summed E-state index contributed by atoms with van der Waals surface area (Å²) in [5, 5.41) is 23.6. The van der Waals surface area contributed by atoms with Gasteiger partial charge in [-0.25, -0.2) is 0 Å². The lowest BCUT2D eigenvalue weighted by molar-refractivity contribution is -0.101. The predicted molar refractivity (Wildman–Crippen MR) is 140 cm³/mol. The number of nitrogens with zero attached hydrogens (tertiary/aromatic N) is 1. The third-order valence-electron chi connectivity index (χ3n) is 6.56. The Labute approximate surface area is 212 Å². The number of carbonyl (C=O) groups excluding carboxylic acids is 2. The molecule has 0 saturated heterocycles. The zero-order valence-corrected chi connectivity index (χ0v) is 19.6. The molecule has 37 heavy (non-hydrogen) atoms. The number of phenols is 2. The summed E-state index contributed by atoms with van der Waals surface area (Å²) in [5.74, 6) is -1.30. The molecule has 0 radical (unpaired) electrons. The number of hydroxylamine groups is 2. The van der Waals surface area contributed by atoms with E-state index in [0.29, 0.717) is 33.0 Å². The third kappa shape index (κ3) is 3.63. The van der Waals surface area contributed by atoms with E-state index in [2.05, 4.69) is 0 Å². The largest absolute Gasteiger partial charge is 0.507 e. The van der Waals surface area contributed by atoms with E-state index in [4.69, 9.17) is 4.84 Å². The summed E-state index contributed by atoms with van der Waals surface area (Å²) >= 11 is 0. The number of fused-ring (bicyclic) bond motifs is 2. The quantitative estimate of drug-likeness (QED) is 0.284. The zero-order chi connectivity index (χ0) is 25.5. The number of hydrogen-bond donors (Lipinski definition) is 2. The average Bonchev–Trinajstić information content (AvgIpc) is 3.17. The lowest BCUT2D eigenvalue weighted by atomic mass is 9.84. The van der Waals surface area contributed by atoms with E-state index in [1.807, 2.05) is 54.6 Å². The molecule has 0 atom stereocenters. The van der Waals surface area contributed by atoms with Gasteiger partial charge in [0.2, 0.25) is 0 Å². The first-order chi connectivity index (χ1) is 18.1. The lowest BCUT2D eigenvalue weighted by Crippen LogP contribution is -2.30. The fourth-order valence-corrected chi connectivity index (χ4v) is 4.92. The standard InChI is InChI=1S/C31H21NO5/c33-24-16-8-6-14-22(24)26-20-12-4-5-13-21(20)27(23-15-7-9-17-25(23)34)29-28(26)30(35)32(31(29)36)37-18-19-10-2-1-3-11-19/h1-17,33-34H,18H2. The van der Waals surface area contributed by atoms with Gasteiger partial charge in [0, 0.05) is 22.3 Å². The summed E-state index contributed by atoms with van der Waals surface area (Å²) in [6.07, 6.45) is 0. The van der Waals surface area contributed by atoms with Gasteiger partial charge in [-0.1, -0.05) is 91.0 Å². The van der Waals surface area contributed by atoms with Crippen LogP contribution in [0, 0.1) is 0 Å². The van der Waals surface area contributed by atoms with E-state index in [-0.39, 0.29) is 29.2 Å². The van der Waals surface area contributed by atoms with Crippen LogP contribution in [-0.2, 0) is 11.4 Å². The Hall–Kier alpha value is -4.94. The number of carbonyl (C=O) groups is 2. The van der Waals surface area contributed by atoms with Crippen molar-refractivity contribution in [2.45, 2.75) is 6.61 Å². The molecule has 6 heteroatoms. The highest BCUT2D eigenvalue weighted by Crippen LogP contribution is 2.48. The van der Waals surface area contributed by atoms with Crippen molar-refractivity contribution in [2.24, 2.45) is 0 Å². The average molecular weight is 488 g/mol. The van der Waals surface area contributed by atoms with Gasteiger partial charge in [0.25, 0.3) is 11.8 Å². The van der Waals surface area contributed by atoms with Crippen molar-refractivity contribution in [3.63, 3.8) is 0 Å². The highest BCUT2D eigenvalue weighted by molar-refractivity contribution is 6.31. The summed E-state index contributed by atoms with van der Waals surface area (Å²) in [6, 6.07) is 30.0. The second-order valence-electron chi connectivity index (χ2n) is 8.74. The van der Waals surface area contributed by atoms with Crippen molar-refractivity contribution in [3.05, 3.63) is 120 Å². The van der Waals surface area contributed by atoms with Crippen LogP contribution in [0.1, 0.15) is 26.3 Å². The minimum atomic E-state index is -0.628. The van der Waals surface area contributed by atoms with Crippen LogP contribution in [0.15, 0.2) is 103 Å². The van der Waals surface area contributed by atoms with Crippen molar-refractivity contribution in [2.75, 3.05) is 0 Å². The number of aromatic hydroxyl groups is 2. The molecular formula is C31H21NO5. The van der Waals surface area contributed by atoms with Crippen molar-refractivity contribution in [3.8, 4) is 33.8 Å². The van der Waals surface area contributed by atoms with E-state index in [1.54, 1.807) is 48.5 Å². The molecule has 1 aliphatic rings. The number of benzene rings is 5. The molecule has 1 heterocycles. The second-order valence-corrected chi connectivity index (χ2v) is 8.74. The van der Waals surface area contributed by atoms with Gasteiger partial charge in [0.15, 0.2) is 0 Å². The maximum Gasteiger partial charge on any atom is 0.286 e. The molecule has 1 aliphatic heterocycles. The molecular weight excluding hydrogens is 466 g/mol. The van der Waals surface area contributed by atoms with Crippen molar-refractivity contribution >= 4 is 22.6 Å². The summed E-state index contributed by atoms with van der Waals surface area (Å²) in [5.41, 5.74) is 2.76. The normalized spacial score (nSPS) is 12.8. The summed E-state index contributed by atoms with van der Waals surface area (Å²) in [7, 11) is 0. The lowest BCUT2D eigenvalue weighted by Gasteiger charge is -2.17. The Kier molecular flexibility index (Phi) is 5.44. The van der Waals surface area contributed by atoms with E-state index in [0.717, 1.165) is 10.6 Å². The molecule has 0 aliphatic carbocycles. The van der Waals surface area contributed by atoms with Gasteiger partial charge in [0.1, 0.15) is 18.1 Å². The SMILES string of the molecule is O=C1c2c(c(-c3ccccc3O)c3ccccc3c2-c2ccccc2O)C(=O)N1OCc1ccccc1. The molecule has 5 aromatic rings. The van der Waals surface area contributed by atoms with Gasteiger partial charge in [-0.3, -0.25) is 14.4 Å². The van der Waals surface area contributed by atoms with Crippen LogP contribution in [0.3, 0.4) is 0 Å². The molecule has 0 aromatic heterocycles. The Balaban J connectivity index is 1.65. The second kappa shape index (κ2) is 8.93. The fourth-order valence-electron chi connectivity index (χ4n) is 4.92. The first-order valence-electron chi connectivity index (χ1n) is 11.8. The molecule has 180 valence electrons. The number of para-hydroxylation sites is 2. The molecule has 2 N–H and O–H groups in total. The molecule has 0 fully saturated rings. The van der Waals surface area contributed by atoms with Crippen LogP contribution in [0.5, 0.6) is 11.5 Å². The van der Waals surface area contributed by atoms with Gasteiger partial charge in [-0.15, -0.1) is 5.06 Å². The Bertz CT molecular complexity index is 1590. The van der Waals surface area contributed by atoms with Crippen molar-refractivity contribution in [1.82, 2.24) is 5.06 Å². The molecule has 5 aromatic carbocycles. The summed E-state index contributed by atoms with van der Waals surface area (Å²) in [6.45, 7) is 0.0175. The van der Waals surface area contributed by atoms with Crippen LogP contribution < -0.4 is 0 Å². The van der Waals surface area contributed by atoms with E-state index in [9.17, 15) is 19.8 Å². The summed E-state index contributed by atoms with van der Waals surface area (Å²) < 4.78 is 0. The van der Waals surface area contributed by atoms with Gasteiger partial charge < -0.3 is 10.2 Å². The van der Waals surface area contributed by atoms with Crippen LogP contribution in [0.25, 0.3) is 33.0 Å². The van der Waals surface area contributed by atoms with Gasteiger partial charge in [-0.05, 0) is 28.5 Å². The molecule has 6 rings (SSSR count). The van der Waals surface area contributed by atoms with E-state index >= 15 is 0 Å². The van der Waals surface area contributed by atoms with Crippen LogP contribution in [-0.4, -0.2) is 27.1 Å². The number of rotatable bonds is 5. The van der Waals surface area contributed by atoms with Crippen LogP contribution in [0.4, 0.5) is 0 Å². The first-order valence-corrected chi connectivity index (χ1v) is 11.8. The molecule has 2 amide bonds. The predicted octanol–water partition coefficient (Wildman–Crippen LogP) is 6.31. The molecule has 0 bridgehead atoms.